The van der Waals surface area contributed by atoms with Crippen molar-refractivity contribution in [1.82, 2.24) is 0 Å². The third-order valence-corrected chi connectivity index (χ3v) is 0.493. The van der Waals surface area contributed by atoms with Crippen molar-refractivity contribution in [2.75, 3.05) is 20.1 Å². The molecule has 0 aromatic carbocycles. The van der Waals surface area contributed by atoms with E-state index in [-0.39, 0.29) is 0 Å². The van der Waals surface area contributed by atoms with Crippen LogP contribution in [0.3, 0.4) is 0 Å². The maximum absolute atomic E-state index is 3.64. The van der Waals surface area contributed by atoms with Gasteiger partial charge >= 0.3 is 0 Å². The van der Waals surface area contributed by atoms with Crippen LogP contribution in [0.5, 0.6) is 0 Å². The lowest BCUT2D eigenvalue weighted by Gasteiger charge is -1.79. The lowest BCUT2D eigenvalue weighted by Crippen LogP contribution is -2.84. The first-order valence-corrected chi connectivity index (χ1v) is 1.99. The molecule has 0 atom stereocenters. The van der Waals surface area contributed by atoms with E-state index >= 15 is 0 Å². The zero-order chi connectivity index (χ0) is 4.12. The molecule has 5 N–H and O–H groups in total. The van der Waals surface area contributed by atoms with Crippen LogP contribution in [0.1, 0.15) is 0 Å². The number of hydrogen-bond acceptors (Lipinski definition) is 0. The summed E-state index contributed by atoms with van der Waals surface area (Å²) in [6.07, 6.45) is 0. The Morgan fingerprint density at radius 3 is 2.40 bits per heavy atom. The van der Waals surface area contributed by atoms with Crippen LogP contribution < -0.4 is 11.1 Å². The maximum atomic E-state index is 3.64. The van der Waals surface area contributed by atoms with Crippen molar-refractivity contribution >= 4 is 0 Å². The summed E-state index contributed by atoms with van der Waals surface area (Å²) < 4.78 is 0. The molecule has 0 saturated heterocycles. The maximum Gasteiger partial charge on any atom is 0.125 e. The summed E-state index contributed by atoms with van der Waals surface area (Å²) >= 11 is 0. The third-order valence-electron chi connectivity index (χ3n) is 0.493. The van der Waals surface area contributed by atoms with E-state index in [2.05, 4.69) is 11.1 Å². The molecule has 2 heteroatoms. The third kappa shape index (κ3) is 3.92. The predicted octanol–water partition coefficient (Wildman–Crippen LogP) is -2.58. The van der Waals surface area contributed by atoms with Crippen LogP contribution in [0.4, 0.5) is 0 Å². The fraction of sp³-hybridized carbons (Fsp3) is 1.00. The van der Waals surface area contributed by atoms with Gasteiger partial charge in [0.05, 0.1) is 7.05 Å². The van der Waals surface area contributed by atoms with Crippen LogP contribution in [0.2, 0.25) is 0 Å². The summed E-state index contributed by atoms with van der Waals surface area (Å²) in [5, 5.41) is 2.12. The molecule has 5 heavy (non-hydrogen) atoms. The molecular formula is C3H12N2+2. The predicted molar refractivity (Wildman–Crippen MR) is 20.5 cm³/mol. The zero-order valence-corrected chi connectivity index (χ0v) is 3.70. The minimum Gasteiger partial charge on any atom is -0.353 e. The topological polar surface area (TPSA) is 44.2 Å². The molecule has 0 aromatic heterocycles. The quantitative estimate of drug-likeness (QED) is 0.363. The van der Waals surface area contributed by atoms with Crippen molar-refractivity contribution < 1.29 is 11.1 Å². The standard InChI is InChI=1S/C3H10N2/c1-5-3-2-4/h5H,2-4H2,1H3/p+2. The number of nitrogens with two attached hydrogens (primary N) is 1. The molecule has 0 fully saturated rings. The number of quaternary nitrogens is 2. The van der Waals surface area contributed by atoms with Crippen molar-refractivity contribution in [3.63, 3.8) is 0 Å². The summed E-state index contributed by atoms with van der Waals surface area (Å²) in [7, 11) is 2.05. The number of likely N-dealkylation sites (N-methyl/N-ethyl adjacent to an activating group) is 1. The van der Waals surface area contributed by atoms with Crippen LogP contribution in [0.15, 0.2) is 0 Å². The minimum absolute atomic E-state index is 1.04. The Labute approximate surface area is 32.4 Å². The molecule has 0 amide bonds. The first kappa shape index (κ1) is 4.92. The van der Waals surface area contributed by atoms with Gasteiger partial charge in [0, 0.05) is 0 Å². The van der Waals surface area contributed by atoms with Gasteiger partial charge in [-0.15, -0.1) is 0 Å². The van der Waals surface area contributed by atoms with Crippen molar-refractivity contribution in [2.45, 2.75) is 0 Å². The van der Waals surface area contributed by atoms with Gasteiger partial charge in [-0.05, 0) is 0 Å². The van der Waals surface area contributed by atoms with E-state index in [0.29, 0.717) is 0 Å². The molecule has 0 unspecified atom stereocenters. The SMILES string of the molecule is C[NH2+]CC[NH3+]. The first-order chi connectivity index (χ1) is 2.41. The van der Waals surface area contributed by atoms with Gasteiger partial charge in [-0.2, -0.15) is 0 Å². The molecule has 32 valence electrons. The van der Waals surface area contributed by atoms with Gasteiger partial charge in [0.15, 0.2) is 0 Å². The molecule has 0 aliphatic heterocycles. The molecule has 2 nitrogen and oxygen atoms in total. The smallest absolute Gasteiger partial charge is 0.125 e. The molecule has 0 spiro atoms. The van der Waals surface area contributed by atoms with Crippen LogP contribution in [-0.2, 0) is 0 Å². The Hall–Kier alpha value is -0.0800. The van der Waals surface area contributed by atoms with Crippen molar-refractivity contribution in [1.29, 1.82) is 0 Å². The van der Waals surface area contributed by atoms with Crippen LogP contribution in [-0.4, -0.2) is 20.1 Å². The van der Waals surface area contributed by atoms with Gasteiger partial charge in [-0.25, -0.2) is 0 Å². The van der Waals surface area contributed by atoms with Gasteiger partial charge in [0.1, 0.15) is 13.1 Å². The highest BCUT2D eigenvalue weighted by molar-refractivity contribution is 4.03. The normalized spacial score (nSPS) is 8.40. The molecule has 0 aliphatic carbocycles. The Bertz CT molecular complexity index is 12.4. The average Bonchev–Trinajstić information content (AvgIpc) is 1.41. The van der Waals surface area contributed by atoms with Crippen LogP contribution >= 0.6 is 0 Å². The molecule has 0 aliphatic rings. The van der Waals surface area contributed by atoms with Crippen molar-refractivity contribution in [2.24, 2.45) is 0 Å². The molecule has 0 saturated carbocycles. The second kappa shape index (κ2) is 3.92. The lowest BCUT2D eigenvalue weighted by atomic mass is 10.7. The summed E-state index contributed by atoms with van der Waals surface area (Å²) in [4.78, 5) is 0. The zero-order valence-electron chi connectivity index (χ0n) is 3.70. The van der Waals surface area contributed by atoms with Gasteiger partial charge in [-0.1, -0.05) is 0 Å². The average molecular weight is 76.1 g/mol. The van der Waals surface area contributed by atoms with E-state index in [9.17, 15) is 0 Å². The minimum atomic E-state index is 1.04. The second-order valence-electron chi connectivity index (χ2n) is 1.05. The highest BCUT2D eigenvalue weighted by Crippen LogP contribution is 1.17. The molecular weight excluding hydrogens is 64.0 g/mol. The molecule has 0 bridgehead atoms. The summed E-state index contributed by atoms with van der Waals surface area (Å²) in [6, 6.07) is 0. The van der Waals surface area contributed by atoms with E-state index in [1.54, 1.807) is 0 Å². The highest BCUT2D eigenvalue weighted by atomic mass is 14.8. The summed E-state index contributed by atoms with van der Waals surface area (Å²) in [5.74, 6) is 0. The van der Waals surface area contributed by atoms with Gasteiger partial charge in [0.25, 0.3) is 0 Å². The largest absolute Gasteiger partial charge is 0.353 e. The van der Waals surface area contributed by atoms with E-state index in [0.717, 1.165) is 13.1 Å². The molecule has 0 radical (unpaired) electrons. The number of hydrogen-bond donors (Lipinski definition) is 2. The molecule has 0 aromatic rings. The monoisotopic (exact) mass is 76.1 g/mol. The van der Waals surface area contributed by atoms with Gasteiger partial charge < -0.3 is 11.1 Å². The molecule has 0 heterocycles. The Balaban J connectivity index is 2.19. The van der Waals surface area contributed by atoms with Crippen LogP contribution in [0, 0.1) is 0 Å². The fourth-order valence-electron chi connectivity index (χ4n) is 0.204. The van der Waals surface area contributed by atoms with Crippen LogP contribution in [0.25, 0.3) is 0 Å². The highest BCUT2D eigenvalue weighted by Gasteiger charge is 1.72. The lowest BCUT2D eigenvalue weighted by molar-refractivity contribution is -0.644. The Morgan fingerprint density at radius 1 is 1.80 bits per heavy atom. The van der Waals surface area contributed by atoms with E-state index in [4.69, 9.17) is 0 Å². The van der Waals surface area contributed by atoms with Gasteiger partial charge in [0.2, 0.25) is 0 Å². The number of rotatable bonds is 2. The van der Waals surface area contributed by atoms with Crippen molar-refractivity contribution in [3.05, 3.63) is 0 Å². The Morgan fingerprint density at radius 2 is 2.40 bits per heavy atom. The van der Waals surface area contributed by atoms with E-state index in [1.165, 1.54) is 0 Å². The van der Waals surface area contributed by atoms with Gasteiger partial charge in [-0.3, -0.25) is 0 Å². The van der Waals surface area contributed by atoms with Crippen molar-refractivity contribution in [3.8, 4) is 0 Å². The first-order valence-electron chi connectivity index (χ1n) is 1.99. The van der Waals surface area contributed by atoms with E-state index < -0.39 is 0 Å². The molecule has 0 rings (SSSR count). The Kier molecular flexibility index (Phi) is 3.86. The van der Waals surface area contributed by atoms with E-state index in [1.807, 2.05) is 7.05 Å². The second-order valence-corrected chi connectivity index (χ2v) is 1.05. The summed E-state index contributed by atoms with van der Waals surface area (Å²) in [6.45, 7) is 2.19. The fourth-order valence-corrected chi connectivity index (χ4v) is 0.204. The summed E-state index contributed by atoms with van der Waals surface area (Å²) in [5.41, 5.74) is 3.64.